The van der Waals surface area contributed by atoms with Crippen molar-refractivity contribution in [2.45, 2.75) is 32.0 Å². The van der Waals surface area contributed by atoms with Gasteiger partial charge in [0.1, 0.15) is 6.17 Å². The molecule has 1 aliphatic heterocycles. The molecule has 7 heteroatoms. The molecule has 0 spiro atoms. The Morgan fingerprint density at radius 3 is 2.90 bits per heavy atom. The summed E-state index contributed by atoms with van der Waals surface area (Å²) in [5.41, 5.74) is 2.44. The van der Waals surface area contributed by atoms with Gasteiger partial charge in [-0.3, -0.25) is 14.3 Å². The van der Waals surface area contributed by atoms with Crippen LogP contribution in [0.5, 0.6) is 5.75 Å². The molecule has 2 heterocycles. The molecule has 0 bridgehead atoms. The van der Waals surface area contributed by atoms with Gasteiger partial charge in [-0.1, -0.05) is 0 Å². The lowest BCUT2D eigenvalue weighted by Gasteiger charge is -2.36. The van der Waals surface area contributed by atoms with Gasteiger partial charge in [-0.15, -0.1) is 0 Å². The van der Waals surface area contributed by atoms with Crippen molar-refractivity contribution in [2.24, 2.45) is 0 Å². The first kappa shape index (κ1) is 13.0. The summed E-state index contributed by atoms with van der Waals surface area (Å²) in [6, 6.07) is 1.22. The van der Waals surface area contributed by atoms with Gasteiger partial charge >= 0.3 is 0 Å². The number of hydrogen-bond donors (Lipinski definition) is 2. The Morgan fingerprint density at radius 1 is 1.45 bits per heavy atom. The predicted molar refractivity (Wildman–Crippen MR) is 71.2 cm³/mol. The van der Waals surface area contributed by atoms with E-state index in [1.54, 1.807) is 4.90 Å². The lowest BCUT2D eigenvalue weighted by Crippen LogP contribution is -2.53. The SMILES string of the molecule is CC1Nn2ccc(=O)c(O)c2C(=O)N1CCOC1CC1. The van der Waals surface area contributed by atoms with E-state index in [0.717, 1.165) is 12.8 Å². The molecule has 1 aromatic rings. The fourth-order valence-electron chi connectivity index (χ4n) is 2.27. The summed E-state index contributed by atoms with van der Waals surface area (Å²) in [6.45, 7) is 2.72. The number of fused-ring (bicyclic) bond motifs is 1. The van der Waals surface area contributed by atoms with Gasteiger partial charge in [-0.05, 0) is 19.8 Å². The Hall–Kier alpha value is -2.02. The number of hydrogen-bond acceptors (Lipinski definition) is 5. The highest BCUT2D eigenvalue weighted by Crippen LogP contribution is 2.24. The van der Waals surface area contributed by atoms with Crippen molar-refractivity contribution in [2.75, 3.05) is 18.6 Å². The zero-order valence-electron chi connectivity index (χ0n) is 11.2. The van der Waals surface area contributed by atoms with Gasteiger partial charge in [-0.2, -0.15) is 0 Å². The van der Waals surface area contributed by atoms with Gasteiger partial charge in [0.2, 0.25) is 5.43 Å². The molecule has 1 fully saturated rings. The lowest BCUT2D eigenvalue weighted by molar-refractivity contribution is 0.0495. The maximum Gasteiger partial charge on any atom is 0.278 e. The molecule has 1 saturated carbocycles. The highest BCUT2D eigenvalue weighted by atomic mass is 16.5. The molecule has 0 saturated heterocycles. The normalized spacial score (nSPS) is 21.6. The number of nitrogens with one attached hydrogen (secondary N) is 1. The monoisotopic (exact) mass is 279 g/mol. The van der Waals surface area contributed by atoms with E-state index in [1.165, 1.54) is 16.9 Å². The zero-order chi connectivity index (χ0) is 14.3. The van der Waals surface area contributed by atoms with E-state index in [4.69, 9.17) is 4.74 Å². The molecule has 1 aliphatic carbocycles. The quantitative estimate of drug-likeness (QED) is 0.815. The third-order valence-corrected chi connectivity index (χ3v) is 3.54. The van der Waals surface area contributed by atoms with E-state index in [0.29, 0.717) is 19.3 Å². The van der Waals surface area contributed by atoms with Crippen molar-refractivity contribution < 1.29 is 14.6 Å². The molecule has 7 nitrogen and oxygen atoms in total. The Kier molecular flexibility index (Phi) is 3.13. The van der Waals surface area contributed by atoms with E-state index in [2.05, 4.69) is 5.43 Å². The van der Waals surface area contributed by atoms with Crippen LogP contribution in [0, 0.1) is 0 Å². The number of pyridine rings is 1. The largest absolute Gasteiger partial charge is 0.502 e. The summed E-state index contributed by atoms with van der Waals surface area (Å²) in [5.74, 6) is -0.893. The second kappa shape index (κ2) is 4.82. The average Bonchev–Trinajstić information content (AvgIpc) is 3.21. The van der Waals surface area contributed by atoms with Crippen LogP contribution in [0.4, 0.5) is 0 Å². The van der Waals surface area contributed by atoms with Crippen LogP contribution in [0.2, 0.25) is 0 Å². The fraction of sp³-hybridized carbons (Fsp3) is 0.538. The van der Waals surface area contributed by atoms with Gasteiger partial charge in [0.15, 0.2) is 11.4 Å². The van der Waals surface area contributed by atoms with Gasteiger partial charge in [0.25, 0.3) is 5.91 Å². The first-order valence-electron chi connectivity index (χ1n) is 6.71. The van der Waals surface area contributed by atoms with Crippen LogP contribution in [0.15, 0.2) is 17.1 Å². The molecular weight excluding hydrogens is 262 g/mol. The lowest BCUT2D eigenvalue weighted by atomic mass is 10.2. The van der Waals surface area contributed by atoms with Crippen LogP contribution in [0.25, 0.3) is 0 Å². The van der Waals surface area contributed by atoms with E-state index in [9.17, 15) is 14.7 Å². The molecule has 1 atom stereocenters. The summed E-state index contributed by atoms with van der Waals surface area (Å²) in [4.78, 5) is 25.4. The molecule has 108 valence electrons. The van der Waals surface area contributed by atoms with Crippen molar-refractivity contribution in [1.29, 1.82) is 0 Å². The molecule has 0 aromatic carbocycles. The smallest absolute Gasteiger partial charge is 0.278 e. The number of amides is 1. The first-order chi connectivity index (χ1) is 9.58. The molecule has 1 aromatic heterocycles. The van der Waals surface area contributed by atoms with Crippen LogP contribution < -0.4 is 10.9 Å². The Labute approximate surface area is 115 Å². The number of carbonyl (C=O) groups excluding carboxylic acids is 1. The Bertz CT molecular complexity index is 594. The minimum atomic E-state index is -0.560. The summed E-state index contributed by atoms with van der Waals surface area (Å²) >= 11 is 0. The molecule has 0 radical (unpaired) electrons. The Balaban J connectivity index is 1.80. The second-order valence-electron chi connectivity index (χ2n) is 5.12. The molecule has 1 amide bonds. The van der Waals surface area contributed by atoms with Crippen LogP contribution >= 0.6 is 0 Å². The third-order valence-electron chi connectivity index (χ3n) is 3.54. The molecule has 2 N–H and O–H groups in total. The summed E-state index contributed by atoms with van der Waals surface area (Å²) in [5, 5.41) is 9.79. The summed E-state index contributed by atoms with van der Waals surface area (Å²) in [6.07, 6.45) is 3.71. The molecular formula is C13H17N3O4. The number of rotatable bonds is 4. The fourth-order valence-corrected chi connectivity index (χ4v) is 2.27. The number of carbonyl (C=O) groups is 1. The van der Waals surface area contributed by atoms with E-state index >= 15 is 0 Å². The van der Waals surface area contributed by atoms with Gasteiger partial charge in [-0.25, -0.2) is 0 Å². The number of nitrogens with zero attached hydrogens (tertiary/aromatic N) is 2. The standard InChI is InChI=1S/C13H17N3O4/c1-8-14-16-5-4-10(17)12(18)11(16)13(19)15(8)6-7-20-9-2-3-9/h4-5,8-9,14,18H,2-3,6-7H2,1H3. The number of aromatic nitrogens is 1. The van der Waals surface area contributed by atoms with Crippen LogP contribution in [0.3, 0.4) is 0 Å². The molecule has 20 heavy (non-hydrogen) atoms. The first-order valence-corrected chi connectivity index (χ1v) is 6.71. The van der Waals surface area contributed by atoms with Crippen LogP contribution in [-0.2, 0) is 4.74 Å². The van der Waals surface area contributed by atoms with E-state index in [-0.39, 0.29) is 17.8 Å². The second-order valence-corrected chi connectivity index (χ2v) is 5.12. The van der Waals surface area contributed by atoms with Crippen molar-refractivity contribution in [1.82, 2.24) is 9.58 Å². The van der Waals surface area contributed by atoms with E-state index < -0.39 is 11.2 Å². The zero-order valence-corrected chi connectivity index (χ0v) is 11.2. The summed E-state index contributed by atoms with van der Waals surface area (Å²) in [7, 11) is 0. The topological polar surface area (TPSA) is 83.8 Å². The van der Waals surface area contributed by atoms with Crippen molar-refractivity contribution in [3.63, 3.8) is 0 Å². The van der Waals surface area contributed by atoms with Gasteiger partial charge in [0, 0.05) is 18.8 Å². The minimum absolute atomic E-state index is 0.0259. The van der Waals surface area contributed by atoms with Gasteiger partial charge < -0.3 is 20.2 Å². The van der Waals surface area contributed by atoms with Crippen molar-refractivity contribution in [3.05, 3.63) is 28.2 Å². The molecule has 3 rings (SSSR count). The summed E-state index contributed by atoms with van der Waals surface area (Å²) < 4.78 is 6.93. The van der Waals surface area contributed by atoms with E-state index in [1.807, 2.05) is 6.92 Å². The molecule has 1 unspecified atom stereocenters. The average molecular weight is 279 g/mol. The highest BCUT2D eigenvalue weighted by molar-refractivity contribution is 5.96. The number of aromatic hydroxyl groups is 1. The maximum atomic E-state index is 12.4. The van der Waals surface area contributed by atoms with Crippen LogP contribution in [-0.4, -0.2) is 46.0 Å². The van der Waals surface area contributed by atoms with Gasteiger partial charge in [0.05, 0.1) is 12.7 Å². The maximum absolute atomic E-state index is 12.4. The Morgan fingerprint density at radius 2 is 2.20 bits per heavy atom. The van der Waals surface area contributed by atoms with Crippen molar-refractivity contribution >= 4 is 5.91 Å². The third kappa shape index (κ3) is 2.24. The van der Waals surface area contributed by atoms with Crippen LogP contribution in [0.1, 0.15) is 30.3 Å². The number of ether oxygens (including phenoxy) is 1. The highest BCUT2D eigenvalue weighted by Gasteiger charge is 2.32. The predicted octanol–water partition coefficient (Wildman–Crippen LogP) is 0.0782. The van der Waals surface area contributed by atoms with Crippen molar-refractivity contribution in [3.8, 4) is 5.75 Å². The minimum Gasteiger partial charge on any atom is -0.502 e. The molecule has 2 aliphatic rings.